The molecule has 25 heavy (non-hydrogen) atoms. The van der Waals surface area contributed by atoms with Crippen molar-refractivity contribution in [1.29, 1.82) is 0 Å². The van der Waals surface area contributed by atoms with Gasteiger partial charge >= 0.3 is 0 Å². The second-order valence-electron chi connectivity index (χ2n) is 5.72. The maximum Gasteiger partial charge on any atom is 0.242 e. The Morgan fingerprint density at radius 1 is 0.920 bits per heavy atom. The molecular formula is C18H20N2O4S. The molecule has 2 N–H and O–H groups in total. The summed E-state index contributed by atoms with van der Waals surface area (Å²) in [6.45, 7) is 3.18. The SMILES string of the molecule is Cc1ccc(NC(=O)CS(=O)(=O)[C@@H](C)C(=O)Nc2ccccc2)cc1. The molecule has 0 aliphatic carbocycles. The largest absolute Gasteiger partial charge is 0.325 e. The number of rotatable bonds is 6. The van der Waals surface area contributed by atoms with Gasteiger partial charge in [0.2, 0.25) is 11.8 Å². The lowest BCUT2D eigenvalue weighted by atomic mass is 10.2. The predicted octanol–water partition coefficient (Wildman–Crippen LogP) is 2.38. The third kappa shape index (κ3) is 5.42. The Morgan fingerprint density at radius 3 is 2.08 bits per heavy atom. The van der Waals surface area contributed by atoms with Crippen molar-refractivity contribution in [3.63, 3.8) is 0 Å². The maximum absolute atomic E-state index is 12.3. The Labute approximate surface area is 147 Å². The minimum atomic E-state index is -3.93. The van der Waals surface area contributed by atoms with Gasteiger partial charge in [-0.2, -0.15) is 0 Å². The molecule has 0 heterocycles. The van der Waals surface area contributed by atoms with E-state index in [0.717, 1.165) is 5.56 Å². The third-order valence-corrected chi connectivity index (χ3v) is 5.57. The van der Waals surface area contributed by atoms with E-state index >= 15 is 0 Å². The summed E-state index contributed by atoms with van der Waals surface area (Å²) in [5.74, 6) is -2.11. The van der Waals surface area contributed by atoms with Crippen LogP contribution in [0.25, 0.3) is 0 Å². The number of sulfone groups is 1. The minimum absolute atomic E-state index is 0.499. The molecule has 1 atom stereocenters. The van der Waals surface area contributed by atoms with Crippen molar-refractivity contribution < 1.29 is 18.0 Å². The van der Waals surface area contributed by atoms with Gasteiger partial charge in [-0.05, 0) is 38.1 Å². The van der Waals surface area contributed by atoms with Crippen molar-refractivity contribution in [2.24, 2.45) is 0 Å². The Hall–Kier alpha value is -2.67. The van der Waals surface area contributed by atoms with Gasteiger partial charge in [0.1, 0.15) is 11.0 Å². The second-order valence-corrected chi connectivity index (χ2v) is 8.04. The monoisotopic (exact) mass is 360 g/mol. The summed E-state index contributed by atoms with van der Waals surface area (Å²) in [6.07, 6.45) is 0. The van der Waals surface area contributed by atoms with Crippen LogP contribution in [0, 0.1) is 6.92 Å². The molecule has 6 nitrogen and oxygen atoms in total. The molecule has 0 bridgehead atoms. The van der Waals surface area contributed by atoms with Crippen molar-refractivity contribution >= 4 is 33.0 Å². The van der Waals surface area contributed by atoms with Crippen LogP contribution in [0.3, 0.4) is 0 Å². The molecule has 2 aromatic carbocycles. The Kier molecular flexibility index (Phi) is 5.93. The molecular weight excluding hydrogens is 340 g/mol. The molecule has 0 fully saturated rings. The zero-order chi connectivity index (χ0) is 18.4. The van der Waals surface area contributed by atoms with Crippen molar-refractivity contribution in [3.8, 4) is 0 Å². The standard InChI is InChI=1S/C18H20N2O4S/c1-13-8-10-16(11-9-13)19-17(21)12-25(23,24)14(2)18(22)20-15-6-4-3-5-7-15/h3-11,14H,12H2,1-2H3,(H,19,21)(H,20,22)/t14-/m0/s1. The average Bonchev–Trinajstić information content (AvgIpc) is 2.56. The number of hydrogen-bond donors (Lipinski definition) is 2. The molecule has 0 aliphatic heterocycles. The average molecular weight is 360 g/mol. The van der Waals surface area contributed by atoms with Crippen LogP contribution in [0.1, 0.15) is 12.5 Å². The van der Waals surface area contributed by atoms with Gasteiger partial charge in [0.15, 0.2) is 9.84 Å². The van der Waals surface area contributed by atoms with Crippen LogP contribution in [0.4, 0.5) is 11.4 Å². The first kappa shape index (κ1) is 18.7. The molecule has 2 aromatic rings. The Balaban J connectivity index is 1.98. The fourth-order valence-corrected chi connectivity index (χ4v) is 3.14. The molecule has 0 unspecified atom stereocenters. The molecule has 132 valence electrons. The van der Waals surface area contributed by atoms with Gasteiger partial charge in [-0.25, -0.2) is 8.42 Å². The van der Waals surface area contributed by atoms with Crippen LogP contribution in [-0.2, 0) is 19.4 Å². The number of para-hydroxylation sites is 1. The van der Waals surface area contributed by atoms with Crippen molar-refractivity contribution in [3.05, 3.63) is 60.2 Å². The number of carbonyl (C=O) groups excluding carboxylic acids is 2. The molecule has 0 aliphatic rings. The van der Waals surface area contributed by atoms with E-state index in [0.29, 0.717) is 11.4 Å². The van der Waals surface area contributed by atoms with Gasteiger partial charge in [-0.3, -0.25) is 9.59 Å². The van der Waals surface area contributed by atoms with Gasteiger partial charge in [0.05, 0.1) is 0 Å². The van der Waals surface area contributed by atoms with Gasteiger partial charge < -0.3 is 10.6 Å². The fourth-order valence-electron chi connectivity index (χ4n) is 2.07. The zero-order valence-corrected chi connectivity index (χ0v) is 14.8. The molecule has 0 aromatic heterocycles. The van der Waals surface area contributed by atoms with Crippen molar-refractivity contribution in [2.45, 2.75) is 19.1 Å². The summed E-state index contributed by atoms with van der Waals surface area (Å²) in [6, 6.07) is 15.5. The summed E-state index contributed by atoms with van der Waals surface area (Å²) < 4.78 is 24.6. The van der Waals surface area contributed by atoms with Crippen LogP contribution in [-0.4, -0.2) is 31.2 Å². The summed E-state index contributed by atoms with van der Waals surface area (Å²) >= 11 is 0. The van der Waals surface area contributed by atoms with E-state index in [2.05, 4.69) is 10.6 Å². The zero-order valence-electron chi connectivity index (χ0n) is 14.0. The highest BCUT2D eigenvalue weighted by atomic mass is 32.2. The minimum Gasteiger partial charge on any atom is -0.325 e. The van der Waals surface area contributed by atoms with Crippen LogP contribution in [0.2, 0.25) is 0 Å². The topological polar surface area (TPSA) is 92.3 Å². The second kappa shape index (κ2) is 7.94. The molecule has 2 amide bonds. The molecule has 0 saturated heterocycles. The summed E-state index contributed by atoms with van der Waals surface area (Å²) in [5.41, 5.74) is 2.03. The Morgan fingerprint density at radius 2 is 1.48 bits per heavy atom. The lowest BCUT2D eigenvalue weighted by molar-refractivity contribution is -0.115. The predicted molar refractivity (Wildman–Crippen MR) is 98.1 cm³/mol. The van der Waals surface area contributed by atoms with Gasteiger partial charge in [-0.15, -0.1) is 0 Å². The van der Waals surface area contributed by atoms with E-state index in [-0.39, 0.29) is 0 Å². The first-order valence-electron chi connectivity index (χ1n) is 7.72. The van der Waals surface area contributed by atoms with Crippen LogP contribution < -0.4 is 10.6 Å². The van der Waals surface area contributed by atoms with E-state index in [1.165, 1.54) is 6.92 Å². The van der Waals surface area contributed by atoms with E-state index in [1.54, 1.807) is 54.6 Å². The Bertz CT molecular complexity index is 846. The highest BCUT2D eigenvalue weighted by molar-refractivity contribution is 7.93. The molecule has 2 rings (SSSR count). The number of hydrogen-bond acceptors (Lipinski definition) is 4. The molecule has 0 radical (unpaired) electrons. The molecule has 0 saturated carbocycles. The number of carbonyl (C=O) groups is 2. The van der Waals surface area contributed by atoms with Crippen molar-refractivity contribution in [1.82, 2.24) is 0 Å². The first-order valence-corrected chi connectivity index (χ1v) is 9.43. The van der Waals surface area contributed by atoms with Crippen LogP contribution >= 0.6 is 0 Å². The van der Waals surface area contributed by atoms with Gasteiger partial charge in [0, 0.05) is 11.4 Å². The number of anilines is 2. The van der Waals surface area contributed by atoms with Crippen LogP contribution in [0.15, 0.2) is 54.6 Å². The third-order valence-electron chi connectivity index (χ3n) is 3.62. The molecule has 7 heteroatoms. The summed E-state index contributed by atoms with van der Waals surface area (Å²) in [5, 5.41) is 3.71. The van der Waals surface area contributed by atoms with E-state index < -0.39 is 32.7 Å². The number of aryl methyl sites for hydroxylation is 1. The number of benzene rings is 2. The number of amides is 2. The first-order chi connectivity index (χ1) is 11.8. The maximum atomic E-state index is 12.3. The van der Waals surface area contributed by atoms with Gasteiger partial charge in [0.25, 0.3) is 0 Å². The summed E-state index contributed by atoms with van der Waals surface area (Å²) in [4.78, 5) is 24.1. The van der Waals surface area contributed by atoms with Crippen LogP contribution in [0.5, 0.6) is 0 Å². The van der Waals surface area contributed by atoms with Gasteiger partial charge in [-0.1, -0.05) is 35.9 Å². The normalized spacial score (nSPS) is 12.2. The lowest BCUT2D eigenvalue weighted by Gasteiger charge is -2.13. The lowest BCUT2D eigenvalue weighted by Crippen LogP contribution is -2.37. The summed E-state index contributed by atoms with van der Waals surface area (Å²) in [7, 11) is -3.93. The highest BCUT2D eigenvalue weighted by Crippen LogP contribution is 2.12. The quantitative estimate of drug-likeness (QED) is 0.827. The number of nitrogens with one attached hydrogen (secondary N) is 2. The van der Waals surface area contributed by atoms with E-state index in [1.807, 2.05) is 6.92 Å². The fraction of sp³-hybridized carbons (Fsp3) is 0.222. The van der Waals surface area contributed by atoms with Crippen molar-refractivity contribution in [2.75, 3.05) is 16.4 Å². The van der Waals surface area contributed by atoms with E-state index in [9.17, 15) is 18.0 Å². The highest BCUT2D eigenvalue weighted by Gasteiger charge is 2.30. The molecule has 0 spiro atoms. The van der Waals surface area contributed by atoms with E-state index in [4.69, 9.17) is 0 Å². The smallest absolute Gasteiger partial charge is 0.242 e.